The molecule has 0 aliphatic heterocycles. The number of aromatic nitrogens is 4. The maximum absolute atomic E-state index is 12.2. The third-order valence-electron chi connectivity index (χ3n) is 3.60. The Morgan fingerprint density at radius 3 is 3.00 bits per heavy atom. The molecule has 0 amide bonds. The van der Waals surface area contributed by atoms with Crippen molar-refractivity contribution in [2.45, 2.75) is 19.8 Å². The van der Waals surface area contributed by atoms with Gasteiger partial charge in [-0.2, -0.15) is 0 Å². The predicted molar refractivity (Wildman–Crippen MR) is 71.8 cm³/mol. The molecule has 0 atom stereocenters. The molecular weight excluding hydrogens is 280 g/mol. The molecule has 3 aromatic heterocycles. The first-order chi connectivity index (χ1) is 9.66. The highest BCUT2D eigenvalue weighted by atomic mass is 35.5. The van der Waals surface area contributed by atoms with Crippen LogP contribution >= 0.6 is 11.6 Å². The van der Waals surface area contributed by atoms with Crippen LogP contribution in [-0.4, -0.2) is 25.9 Å². The van der Waals surface area contributed by atoms with Gasteiger partial charge in [0.25, 0.3) is 0 Å². The number of fused-ring (bicyclic) bond motifs is 5. The number of rotatable bonds is 0. The summed E-state index contributed by atoms with van der Waals surface area (Å²) in [4.78, 5) is 23.6. The van der Waals surface area contributed by atoms with E-state index in [9.17, 15) is 4.79 Å². The molecule has 0 saturated carbocycles. The summed E-state index contributed by atoms with van der Waals surface area (Å²) in [7, 11) is 0. The zero-order valence-electron chi connectivity index (χ0n) is 10.5. The van der Waals surface area contributed by atoms with Crippen molar-refractivity contribution in [2.75, 3.05) is 0 Å². The average molecular weight is 289 g/mol. The van der Waals surface area contributed by atoms with E-state index in [1.54, 1.807) is 6.92 Å². The lowest BCUT2D eigenvalue weighted by Crippen LogP contribution is -2.00. The van der Waals surface area contributed by atoms with E-state index >= 15 is 0 Å². The van der Waals surface area contributed by atoms with Crippen molar-refractivity contribution >= 4 is 28.4 Å². The summed E-state index contributed by atoms with van der Waals surface area (Å²) in [5.41, 5.74) is 3.38. The second kappa shape index (κ2) is 3.89. The Morgan fingerprint density at radius 1 is 1.30 bits per heavy atom. The van der Waals surface area contributed by atoms with Gasteiger partial charge >= 0.3 is 0 Å². The molecule has 0 fully saturated rings. The molecule has 0 radical (unpaired) electrons. The van der Waals surface area contributed by atoms with Gasteiger partial charge in [-0.15, -0.1) is 0 Å². The maximum Gasteiger partial charge on any atom is 0.169 e. The molecule has 0 spiro atoms. The fourth-order valence-electron chi connectivity index (χ4n) is 2.72. The van der Waals surface area contributed by atoms with E-state index < -0.39 is 0 Å². The fourth-order valence-corrected chi connectivity index (χ4v) is 2.95. The van der Waals surface area contributed by atoms with E-state index in [2.05, 4.69) is 20.1 Å². The van der Waals surface area contributed by atoms with Crippen molar-refractivity contribution in [3.63, 3.8) is 0 Å². The smallest absolute Gasteiger partial charge is 0.169 e. The number of carbonyl (C=O) groups is 1. The lowest BCUT2D eigenvalue weighted by atomic mass is 10.0. The van der Waals surface area contributed by atoms with Gasteiger partial charge in [0.2, 0.25) is 0 Å². The predicted octanol–water partition coefficient (Wildman–Crippen LogP) is 2.70. The van der Waals surface area contributed by atoms with Crippen LogP contribution < -0.4 is 0 Å². The van der Waals surface area contributed by atoms with Crippen LogP contribution in [0.2, 0.25) is 5.15 Å². The Hall–Kier alpha value is -2.21. The van der Waals surface area contributed by atoms with E-state index in [-0.39, 0.29) is 5.78 Å². The highest BCUT2D eigenvalue weighted by molar-refractivity contribution is 6.35. The number of Topliss-reactive ketones (excluding diaryl/α,β-unsaturated/α-hetero) is 1. The van der Waals surface area contributed by atoms with Gasteiger partial charge in [-0.25, -0.2) is 9.97 Å². The molecule has 1 aliphatic carbocycles. The van der Waals surface area contributed by atoms with Gasteiger partial charge in [0.1, 0.15) is 28.6 Å². The van der Waals surface area contributed by atoms with Crippen molar-refractivity contribution in [1.29, 1.82) is 0 Å². The van der Waals surface area contributed by atoms with Crippen molar-refractivity contribution < 1.29 is 9.32 Å². The monoisotopic (exact) mass is 288 g/mol. The van der Waals surface area contributed by atoms with Gasteiger partial charge in [-0.05, 0) is 13.3 Å². The van der Waals surface area contributed by atoms with Crippen LogP contribution in [0.15, 0.2) is 10.9 Å². The third-order valence-corrected chi connectivity index (χ3v) is 3.89. The van der Waals surface area contributed by atoms with Crippen LogP contribution in [0.5, 0.6) is 0 Å². The molecule has 1 aliphatic rings. The zero-order chi connectivity index (χ0) is 13.9. The van der Waals surface area contributed by atoms with Crippen molar-refractivity contribution in [1.82, 2.24) is 20.1 Å². The molecule has 0 unspecified atom stereocenters. The van der Waals surface area contributed by atoms with E-state index in [1.807, 2.05) is 0 Å². The standard InChI is InChI=1S/C13H9ClN4O2/c1-5-8-7(19)3-2-6-9(11(8)18-20-5)10-12(14)15-4-16-13(10)17-6/h4H,2-3H2,1H3,(H,15,16,17). The largest absolute Gasteiger partial charge is 0.360 e. The first-order valence-electron chi connectivity index (χ1n) is 6.17. The lowest BCUT2D eigenvalue weighted by Gasteiger charge is -1.98. The normalized spacial score (nSPS) is 14.2. The zero-order valence-corrected chi connectivity index (χ0v) is 11.3. The molecule has 3 aromatic rings. The fraction of sp³-hybridized carbons (Fsp3) is 0.231. The summed E-state index contributed by atoms with van der Waals surface area (Å²) in [5.74, 6) is 0.560. The van der Waals surface area contributed by atoms with Gasteiger partial charge in [-0.3, -0.25) is 4.79 Å². The SMILES string of the molecule is Cc1onc2c1C(=O)CCc1[nH]c3ncnc(Cl)c3c1-2. The quantitative estimate of drug-likeness (QED) is 0.643. The number of aromatic amines is 1. The highest BCUT2D eigenvalue weighted by Gasteiger charge is 2.30. The number of halogens is 1. The third kappa shape index (κ3) is 1.39. The Kier molecular flexibility index (Phi) is 2.26. The van der Waals surface area contributed by atoms with E-state index in [0.29, 0.717) is 46.0 Å². The summed E-state index contributed by atoms with van der Waals surface area (Å²) in [6.07, 6.45) is 2.40. The molecule has 1 N–H and O–H groups in total. The second-order valence-electron chi connectivity index (χ2n) is 4.75. The van der Waals surface area contributed by atoms with Crippen LogP contribution in [0.3, 0.4) is 0 Å². The minimum Gasteiger partial charge on any atom is -0.360 e. The molecule has 6 nitrogen and oxygen atoms in total. The molecule has 0 bridgehead atoms. The molecule has 3 heterocycles. The van der Waals surface area contributed by atoms with Crippen LogP contribution in [0.1, 0.15) is 28.2 Å². The Morgan fingerprint density at radius 2 is 2.15 bits per heavy atom. The van der Waals surface area contributed by atoms with Crippen LogP contribution in [0, 0.1) is 6.92 Å². The van der Waals surface area contributed by atoms with Gasteiger partial charge in [0, 0.05) is 17.7 Å². The molecule has 4 rings (SSSR count). The number of ketones is 1. The molecule has 7 heteroatoms. The topological polar surface area (TPSA) is 84.7 Å². The molecular formula is C13H9ClN4O2. The Bertz CT molecular complexity index is 865. The lowest BCUT2D eigenvalue weighted by molar-refractivity contribution is 0.0982. The number of hydrogen-bond acceptors (Lipinski definition) is 5. The van der Waals surface area contributed by atoms with Gasteiger partial charge < -0.3 is 9.51 Å². The molecule has 0 saturated heterocycles. The number of nitrogens with zero attached hydrogens (tertiary/aromatic N) is 3. The second-order valence-corrected chi connectivity index (χ2v) is 5.11. The van der Waals surface area contributed by atoms with Gasteiger partial charge in [-0.1, -0.05) is 16.8 Å². The number of hydrogen-bond donors (Lipinski definition) is 1. The van der Waals surface area contributed by atoms with Crippen molar-refractivity contribution in [3.8, 4) is 11.3 Å². The molecule has 100 valence electrons. The average Bonchev–Trinajstić information content (AvgIpc) is 2.93. The van der Waals surface area contributed by atoms with E-state index in [0.717, 1.165) is 11.3 Å². The number of nitrogens with one attached hydrogen (secondary N) is 1. The minimum atomic E-state index is 0.0319. The van der Waals surface area contributed by atoms with Crippen molar-refractivity contribution in [2.24, 2.45) is 0 Å². The number of carbonyl (C=O) groups excluding carboxylic acids is 1. The minimum absolute atomic E-state index is 0.0319. The van der Waals surface area contributed by atoms with E-state index in [4.69, 9.17) is 16.1 Å². The summed E-state index contributed by atoms with van der Waals surface area (Å²) in [6, 6.07) is 0. The number of aryl methyl sites for hydroxylation is 2. The summed E-state index contributed by atoms with van der Waals surface area (Å²) in [6.45, 7) is 1.74. The maximum atomic E-state index is 12.2. The summed E-state index contributed by atoms with van der Waals surface area (Å²) in [5, 5.41) is 5.07. The van der Waals surface area contributed by atoms with Gasteiger partial charge in [0.15, 0.2) is 5.78 Å². The molecule has 20 heavy (non-hydrogen) atoms. The first-order valence-corrected chi connectivity index (χ1v) is 6.55. The number of H-pyrrole nitrogens is 1. The van der Waals surface area contributed by atoms with Gasteiger partial charge in [0.05, 0.1) is 10.9 Å². The molecule has 0 aromatic carbocycles. The van der Waals surface area contributed by atoms with Crippen LogP contribution in [0.25, 0.3) is 22.3 Å². The highest BCUT2D eigenvalue weighted by Crippen LogP contribution is 2.39. The van der Waals surface area contributed by atoms with Crippen LogP contribution in [0.4, 0.5) is 0 Å². The summed E-state index contributed by atoms with van der Waals surface area (Å²) < 4.78 is 5.19. The Labute approximate surface area is 118 Å². The Balaban J connectivity index is 2.17. The van der Waals surface area contributed by atoms with E-state index in [1.165, 1.54) is 6.33 Å². The summed E-state index contributed by atoms with van der Waals surface area (Å²) >= 11 is 6.18. The van der Waals surface area contributed by atoms with Crippen LogP contribution in [-0.2, 0) is 6.42 Å². The first kappa shape index (κ1) is 11.6. The van der Waals surface area contributed by atoms with Crippen molar-refractivity contribution in [3.05, 3.63) is 28.5 Å².